The predicted octanol–water partition coefficient (Wildman–Crippen LogP) is 5.50. The van der Waals surface area contributed by atoms with Crippen molar-refractivity contribution >= 4 is 35.2 Å². The van der Waals surface area contributed by atoms with Gasteiger partial charge in [0.2, 0.25) is 5.91 Å². The van der Waals surface area contributed by atoms with Gasteiger partial charge in [-0.1, -0.05) is 41.9 Å². The third kappa shape index (κ3) is 6.27. The predicted molar refractivity (Wildman–Crippen MR) is 147 cm³/mol. The molecule has 1 fully saturated rings. The van der Waals surface area contributed by atoms with Crippen LogP contribution < -0.4 is 10.6 Å². The van der Waals surface area contributed by atoms with Crippen LogP contribution in [0.3, 0.4) is 0 Å². The van der Waals surface area contributed by atoms with Gasteiger partial charge in [0.15, 0.2) is 12.1 Å². The Kier molecular flexibility index (Phi) is 8.02. The van der Waals surface area contributed by atoms with Crippen LogP contribution >= 0.6 is 11.6 Å². The van der Waals surface area contributed by atoms with Crippen molar-refractivity contribution in [2.24, 2.45) is 0 Å². The highest BCUT2D eigenvalue weighted by Crippen LogP contribution is 2.35. The van der Waals surface area contributed by atoms with Crippen LogP contribution in [-0.4, -0.2) is 33.8 Å². The fraction of sp³-hybridized carbons (Fsp3) is 0.133. The molecule has 5 rings (SSSR count). The van der Waals surface area contributed by atoms with Crippen LogP contribution in [0.1, 0.15) is 33.3 Å². The second kappa shape index (κ2) is 12.0. The van der Waals surface area contributed by atoms with E-state index in [-0.39, 0.29) is 18.7 Å². The van der Waals surface area contributed by atoms with Crippen molar-refractivity contribution in [1.29, 1.82) is 0 Å². The Balaban J connectivity index is 1.40. The third-order valence-corrected chi connectivity index (χ3v) is 6.58. The zero-order chi connectivity index (χ0) is 28.1. The van der Waals surface area contributed by atoms with Gasteiger partial charge >= 0.3 is 6.09 Å². The van der Waals surface area contributed by atoms with Crippen molar-refractivity contribution in [3.63, 3.8) is 0 Å². The molecule has 4 aromatic rings. The first-order valence-electron chi connectivity index (χ1n) is 12.4. The molecule has 0 radical (unpaired) electrons. The molecule has 2 heterocycles. The van der Waals surface area contributed by atoms with Crippen molar-refractivity contribution in [2.75, 3.05) is 5.32 Å². The zero-order valence-electron chi connectivity index (χ0n) is 21.1. The largest absolute Gasteiger partial charge is 0.438 e. The molecule has 2 N–H and O–H groups in total. The number of hydrogen-bond donors (Lipinski definition) is 2. The van der Waals surface area contributed by atoms with Crippen molar-refractivity contribution in [2.45, 2.75) is 25.2 Å². The normalized spacial score (nSPS) is 16.4. The maximum absolute atomic E-state index is 13.6. The number of aromatic nitrogens is 1. The summed E-state index contributed by atoms with van der Waals surface area (Å²) in [6.45, 7) is 0.258. The summed E-state index contributed by atoms with van der Waals surface area (Å²) in [5, 5.41) is 6.12. The molecule has 8 nitrogen and oxygen atoms in total. The van der Waals surface area contributed by atoms with Crippen molar-refractivity contribution in [3.8, 4) is 0 Å². The summed E-state index contributed by atoms with van der Waals surface area (Å²) in [6, 6.07) is 23.2. The Bertz CT molecular complexity index is 1530. The molecular weight excluding hydrogens is 535 g/mol. The maximum Gasteiger partial charge on any atom is 0.411 e. The van der Waals surface area contributed by atoms with Crippen LogP contribution in [0.2, 0.25) is 5.02 Å². The highest BCUT2D eigenvalue weighted by atomic mass is 35.5. The van der Waals surface area contributed by atoms with E-state index in [1.54, 1.807) is 66.9 Å². The van der Waals surface area contributed by atoms with E-state index in [9.17, 15) is 18.8 Å². The van der Waals surface area contributed by atoms with E-state index in [0.29, 0.717) is 22.0 Å². The molecule has 1 aliphatic rings. The number of nitrogens with one attached hydrogen (secondary N) is 2. The molecule has 40 heavy (non-hydrogen) atoms. The molecular formula is C30H24ClFN4O4. The monoisotopic (exact) mass is 558 g/mol. The smallest absolute Gasteiger partial charge is 0.411 e. The van der Waals surface area contributed by atoms with Gasteiger partial charge in [-0.3, -0.25) is 19.5 Å². The van der Waals surface area contributed by atoms with Crippen molar-refractivity contribution in [1.82, 2.24) is 15.2 Å². The number of anilines is 1. The van der Waals surface area contributed by atoms with Crippen LogP contribution in [0.5, 0.6) is 0 Å². The number of pyridine rings is 1. The summed E-state index contributed by atoms with van der Waals surface area (Å²) in [7, 11) is 0. The number of rotatable bonds is 8. The topological polar surface area (TPSA) is 101 Å². The van der Waals surface area contributed by atoms with Gasteiger partial charge in [0.05, 0.1) is 18.8 Å². The summed E-state index contributed by atoms with van der Waals surface area (Å²) >= 11 is 6.14. The standard InChI is InChI=1S/C30H24ClFN4O4/c31-22-7-3-5-19(15-22)18-36-26(29(38)34-17-25-8-1-2-14-33-25)27(40-30(36)39)21-6-4-9-24(16-21)35-28(37)20-10-12-23(32)13-11-20/h1-16,26-27H,17-18H2,(H,34,38)(H,35,37)/t26-,27+/m1/s1. The van der Waals surface area contributed by atoms with Crippen LogP contribution in [0, 0.1) is 5.82 Å². The molecule has 1 saturated heterocycles. The maximum atomic E-state index is 13.6. The van der Waals surface area contributed by atoms with Gasteiger partial charge in [-0.15, -0.1) is 0 Å². The van der Waals surface area contributed by atoms with Crippen molar-refractivity contribution < 1.29 is 23.5 Å². The minimum absolute atomic E-state index is 0.0958. The summed E-state index contributed by atoms with van der Waals surface area (Å²) in [6.07, 6.45) is 0.00532. The second-order valence-electron chi connectivity index (χ2n) is 9.13. The molecule has 1 aromatic heterocycles. The number of carbonyl (C=O) groups excluding carboxylic acids is 3. The SMILES string of the molecule is O=C(Nc1cccc([C@@H]2OC(=O)N(Cc3cccc(Cl)c3)[C@H]2C(=O)NCc2ccccn2)c1)c1ccc(F)cc1. The molecule has 2 atom stereocenters. The fourth-order valence-corrected chi connectivity index (χ4v) is 4.64. The molecule has 10 heteroatoms. The number of hydrogen-bond acceptors (Lipinski definition) is 5. The molecule has 0 spiro atoms. The van der Waals surface area contributed by atoms with Gasteiger partial charge in [-0.05, 0) is 71.8 Å². The Hall–Kier alpha value is -4.76. The van der Waals surface area contributed by atoms with Crippen LogP contribution in [0.4, 0.5) is 14.9 Å². The Morgan fingerprint density at radius 2 is 1.77 bits per heavy atom. The van der Waals surface area contributed by atoms with E-state index in [0.717, 1.165) is 5.56 Å². The highest BCUT2D eigenvalue weighted by molar-refractivity contribution is 6.30. The number of ether oxygens (including phenoxy) is 1. The fourth-order valence-electron chi connectivity index (χ4n) is 4.42. The molecule has 0 bridgehead atoms. The average Bonchev–Trinajstić information content (AvgIpc) is 3.28. The highest BCUT2D eigenvalue weighted by Gasteiger charge is 2.47. The second-order valence-corrected chi connectivity index (χ2v) is 9.57. The quantitative estimate of drug-likeness (QED) is 0.297. The van der Waals surface area contributed by atoms with E-state index >= 15 is 0 Å². The lowest BCUT2D eigenvalue weighted by molar-refractivity contribution is -0.126. The van der Waals surface area contributed by atoms with E-state index in [1.165, 1.54) is 29.2 Å². The molecule has 3 amide bonds. The summed E-state index contributed by atoms with van der Waals surface area (Å²) < 4.78 is 19.0. The first-order valence-corrected chi connectivity index (χ1v) is 12.8. The van der Waals surface area contributed by atoms with Crippen molar-refractivity contribution in [3.05, 3.63) is 130 Å². The van der Waals surface area contributed by atoms with Gasteiger partial charge in [0.25, 0.3) is 5.91 Å². The van der Waals surface area contributed by atoms with E-state index in [2.05, 4.69) is 15.6 Å². The van der Waals surface area contributed by atoms with E-state index in [4.69, 9.17) is 16.3 Å². The molecule has 202 valence electrons. The summed E-state index contributed by atoms with van der Waals surface area (Å²) in [5.74, 6) is -1.31. The molecule has 1 aliphatic heterocycles. The van der Waals surface area contributed by atoms with Gasteiger partial charge in [-0.25, -0.2) is 9.18 Å². The minimum atomic E-state index is -1.02. The van der Waals surface area contributed by atoms with E-state index < -0.39 is 35.9 Å². The van der Waals surface area contributed by atoms with Gasteiger partial charge in [-0.2, -0.15) is 0 Å². The Morgan fingerprint density at radius 3 is 2.52 bits per heavy atom. The van der Waals surface area contributed by atoms with Gasteiger partial charge < -0.3 is 15.4 Å². The number of nitrogens with zero attached hydrogens (tertiary/aromatic N) is 2. The Labute approximate surface area is 234 Å². The number of cyclic esters (lactones) is 1. The molecule has 0 unspecified atom stereocenters. The number of carbonyl (C=O) groups is 3. The number of amides is 3. The Morgan fingerprint density at radius 1 is 0.975 bits per heavy atom. The van der Waals surface area contributed by atoms with Crippen LogP contribution in [0.25, 0.3) is 0 Å². The van der Waals surface area contributed by atoms with E-state index in [1.807, 2.05) is 6.07 Å². The minimum Gasteiger partial charge on any atom is -0.438 e. The number of halogens is 2. The molecule has 0 aliphatic carbocycles. The first-order chi connectivity index (χ1) is 19.4. The van der Waals surface area contributed by atoms with Crippen LogP contribution in [-0.2, 0) is 22.6 Å². The zero-order valence-corrected chi connectivity index (χ0v) is 21.8. The summed E-state index contributed by atoms with van der Waals surface area (Å²) in [4.78, 5) is 44.9. The molecule has 0 saturated carbocycles. The lowest BCUT2D eigenvalue weighted by Crippen LogP contribution is -2.46. The lowest BCUT2D eigenvalue weighted by Gasteiger charge is -2.24. The average molecular weight is 559 g/mol. The third-order valence-electron chi connectivity index (χ3n) is 6.34. The number of benzene rings is 3. The van der Waals surface area contributed by atoms with Crippen LogP contribution in [0.15, 0.2) is 97.2 Å². The first kappa shape index (κ1) is 26.8. The lowest BCUT2D eigenvalue weighted by atomic mass is 10.00. The van der Waals surface area contributed by atoms with Gasteiger partial charge in [0.1, 0.15) is 5.82 Å². The molecule has 3 aromatic carbocycles. The summed E-state index contributed by atoms with van der Waals surface area (Å²) in [5.41, 5.74) is 2.59. The van der Waals surface area contributed by atoms with Gasteiger partial charge in [0, 0.05) is 22.5 Å².